The number of piperidine rings is 1. The fourth-order valence-electron chi connectivity index (χ4n) is 7.94. The van der Waals surface area contributed by atoms with Crippen molar-refractivity contribution in [2.45, 2.75) is 69.1 Å². The lowest BCUT2D eigenvalue weighted by Gasteiger charge is -2.60. The van der Waals surface area contributed by atoms with Gasteiger partial charge in [0.25, 0.3) is 5.91 Å². The fraction of sp³-hybridized carbons (Fsp3) is 0.516. The highest BCUT2D eigenvalue weighted by Crippen LogP contribution is 2.64. The molecule has 7 rings (SSSR count). The molecule has 1 N–H and O–H groups in total. The first-order chi connectivity index (χ1) is 17.5. The highest BCUT2D eigenvalue weighted by Gasteiger charge is 2.66. The minimum Gasteiger partial charge on any atom is -0.504 e. The number of nitrogens with zero attached hydrogens (tertiary/aromatic N) is 2. The van der Waals surface area contributed by atoms with Crippen molar-refractivity contribution >= 4 is 5.91 Å². The number of hydrogen-bond donors (Lipinski definition) is 1. The second-order valence-electron chi connectivity index (χ2n) is 11.8. The second-order valence-corrected chi connectivity index (χ2v) is 11.8. The quantitative estimate of drug-likeness (QED) is 0.672. The Balaban J connectivity index is 1.23. The first-order valence-corrected chi connectivity index (χ1v) is 13.6. The highest BCUT2D eigenvalue weighted by atomic mass is 16.5. The van der Waals surface area contributed by atoms with Crippen molar-refractivity contribution in [3.63, 3.8) is 0 Å². The summed E-state index contributed by atoms with van der Waals surface area (Å²) >= 11 is 0. The van der Waals surface area contributed by atoms with Gasteiger partial charge >= 0.3 is 0 Å². The second kappa shape index (κ2) is 8.02. The molecule has 2 saturated carbocycles. The average molecular weight is 483 g/mol. The van der Waals surface area contributed by atoms with E-state index in [9.17, 15) is 9.90 Å². The van der Waals surface area contributed by atoms with E-state index >= 15 is 0 Å². The van der Waals surface area contributed by atoms with E-state index in [0.29, 0.717) is 17.7 Å². The molecule has 1 saturated heterocycles. The number of carbonyl (C=O) groups is 1. The molecule has 5 nitrogen and oxygen atoms in total. The number of hydrogen-bond acceptors (Lipinski definition) is 4. The van der Waals surface area contributed by atoms with Crippen LogP contribution >= 0.6 is 0 Å². The molecule has 5 aliphatic rings. The molecule has 36 heavy (non-hydrogen) atoms. The molecule has 3 fully saturated rings. The maximum atomic E-state index is 13.3. The monoisotopic (exact) mass is 482 g/mol. The van der Waals surface area contributed by atoms with Crippen LogP contribution in [0.4, 0.5) is 0 Å². The van der Waals surface area contributed by atoms with Crippen molar-refractivity contribution in [3.8, 4) is 23.3 Å². The summed E-state index contributed by atoms with van der Waals surface area (Å²) in [6, 6.07) is 12.3. The van der Waals surface area contributed by atoms with Crippen LogP contribution in [0.2, 0.25) is 0 Å². The zero-order valence-electron chi connectivity index (χ0n) is 21.2. The van der Waals surface area contributed by atoms with Crippen LogP contribution in [0.5, 0.6) is 11.5 Å². The number of benzene rings is 2. The maximum Gasteiger partial charge on any atom is 0.298 e. The van der Waals surface area contributed by atoms with Crippen LogP contribution in [0.1, 0.15) is 54.4 Å². The van der Waals surface area contributed by atoms with E-state index in [1.165, 1.54) is 30.5 Å². The lowest BCUT2D eigenvalue weighted by atomic mass is 9.51. The van der Waals surface area contributed by atoms with Gasteiger partial charge < -0.3 is 14.7 Å². The van der Waals surface area contributed by atoms with Crippen LogP contribution in [0.3, 0.4) is 0 Å². The molecule has 3 aliphatic carbocycles. The summed E-state index contributed by atoms with van der Waals surface area (Å²) in [5.74, 6) is 8.07. The van der Waals surface area contributed by atoms with Gasteiger partial charge in [-0.3, -0.25) is 9.69 Å². The van der Waals surface area contributed by atoms with Crippen molar-refractivity contribution in [3.05, 3.63) is 58.7 Å². The minimum absolute atomic E-state index is 0.0612. The zero-order valence-corrected chi connectivity index (χ0v) is 21.2. The molecule has 5 heteroatoms. The van der Waals surface area contributed by atoms with Crippen molar-refractivity contribution in [1.29, 1.82) is 0 Å². The third-order valence-corrected chi connectivity index (χ3v) is 9.74. The van der Waals surface area contributed by atoms with Crippen LogP contribution in [-0.4, -0.2) is 59.1 Å². The molecule has 1 spiro atoms. The number of amides is 1. The summed E-state index contributed by atoms with van der Waals surface area (Å²) in [5, 5.41) is 10.8. The Morgan fingerprint density at radius 2 is 2.08 bits per heavy atom. The standard InChI is InChI=1S/C31H34N2O3/c1-19-4-3-5-20(16-19)8-13-27(35)32(2)24-11-10-23-25-17-22-9-12-26(34)29-28(22)31(23,30(24)36-29)14-15-33(25)18-21-6-7-21/h3-5,9,12,16,21,23-25,30,34H,6-7,10-11,14-15,17-18H2,1-2H3/t23-,24+,25+,30-,31-/m0/s1. The highest BCUT2D eigenvalue weighted by molar-refractivity contribution is 5.94. The number of likely N-dealkylation sites (tertiary alicyclic amines) is 1. The number of phenolic OH excluding ortho intramolecular Hbond substituents is 1. The maximum absolute atomic E-state index is 13.3. The minimum atomic E-state index is -0.168. The molecular weight excluding hydrogens is 448 g/mol. The van der Waals surface area contributed by atoms with Gasteiger partial charge in [0.05, 0.1) is 6.04 Å². The van der Waals surface area contributed by atoms with Gasteiger partial charge in [-0.15, -0.1) is 0 Å². The summed E-state index contributed by atoms with van der Waals surface area (Å²) in [4.78, 5) is 17.9. The normalized spacial score (nSPS) is 31.6. The SMILES string of the molecule is Cc1cccc(C#CC(=O)N(C)[C@@H]2CC[C@H]3[C@H]4Cc5ccc(O)c6c5[C@@]3(CCN4CC3CC3)[C@H]2O6)c1. The molecule has 0 aromatic heterocycles. The molecule has 2 bridgehead atoms. The Morgan fingerprint density at radius 3 is 2.89 bits per heavy atom. The van der Waals surface area contributed by atoms with E-state index < -0.39 is 0 Å². The Labute approximate surface area is 213 Å². The van der Waals surface area contributed by atoms with Crippen molar-refractivity contribution in [1.82, 2.24) is 9.80 Å². The summed E-state index contributed by atoms with van der Waals surface area (Å²) < 4.78 is 6.69. The fourth-order valence-corrected chi connectivity index (χ4v) is 7.94. The zero-order chi connectivity index (χ0) is 24.6. The first kappa shape index (κ1) is 22.2. The van der Waals surface area contributed by atoms with E-state index in [2.05, 4.69) is 22.8 Å². The number of likely N-dealkylation sites (N-methyl/N-ethyl adjacent to an activating group) is 1. The predicted molar refractivity (Wildman–Crippen MR) is 138 cm³/mol. The molecule has 2 aliphatic heterocycles. The lowest BCUT2D eigenvalue weighted by Crippen LogP contribution is -2.69. The summed E-state index contributed by atoms with van der Waals surface area (Å²) in [7, 11) is 1.88. The Bertz CT molecular complexity index is 1300. The van der Waals surface area contributed by atoms with Crippen LogP contribution in [0.15, 0.2) is 36.4 Å². The summed E-state index contributed by atoms with van der Waals surface area (Å²) in [6.07, 6.45) is 6.66. The molecule has 2 aromatic carbocycles. The number of carbonyl (C=O) groups excluding carboxylic acids is 1. The van der Waals surface area contributed by atoms with Crippen LogP contribution in [0.25, 0.3) is 0 Å². The van der Waals surface area contributed by atoms with E-state index in [1.807, 2.05) is 43.1 Å². The van der Waals surface area contributed by atoms with Gasteiger partial charge in [-0.1, -0.05) is 24.1 Å². The van der Waals surface area contributed by atoms with Gasteiger partial charge in [0.15, 0.2) is 11.5 Å². The Morgan fingerprint density at radius 1 is 1.22 bits per heavy atom. The predicted octanol–water partition coefficient (Wildman–Crippen LogP) is 4.03. The van der Waals surface area contributed by atoms with E-state index in [0.717, 1.165) is 49.3 Å². The molecule has 0 radical (unpaired) electrons. The van der Waals surface area contributed by atoms with Crippen LogP contribution in [0, 0.1) is 30.6 Å². The third kappa shape index (κ3) is 3.23. The van der Waals surface area contributed by atoms with Gasteiger partial charge in [0.1, 0.15) is 6.10 Å². The average Bonchev–Trinajstić information content (AvgIpc) is 3.62. The molecule has 5 atom stereocenters. The van der Waals surface area contributed by atoms with Gasteiger partial charge in [-0.2, -0.15) is 0 Å². The van der Waals surface area contributed by atoms with Gasteiger partial charge in [-0.25, -0.2) is 0 Å². The van der Waals surface area contributed by atoms with Crippen molar-refractivity contribution in [2.24, 2.45) is 11.8 Å². The molecule has 1 amide bonds. The van der Waals surface area contributed by atoms with Crippen LogP contribution < -0.4 is 4.74 Å². The largest absolute Gasteiger partial charge is 0.504 e. The first-order valence-electron chi connectivity index (χ1n) is 13.6. The van der Waals surface area contributed by atoms with E-state index in [4.69, 9.17) is 4.74 Å². The number of aryl methyl sites for hydroxylation is 1. The summed E-state index contributed by atoms with van der Waals surface area (Å²) in [6.45, 7) is 4.33. The topological polar surface area (TPSA) is 53.0 Å². The molecule has 0 unspecified atom stereocenters. The number of aromatic hydroxyl groups is 1. The molecular formula is C31H34N2O3. The van der Waals surface area contributed by atoms with Crippen molar-refractivity contribution < 1.29 is 14.6 Å². The van der Waals surface area contributed by atoms with Gasteiger partial charge in [-0.05, 0) is 93.2 Å². The molecule has 186 valence electrons. The smallest absolute Gasteiger partial charge is 0.298 e. The Hall–Kier alpha value is -2.97. The number of ether oxygens (including phenoxy) is 1. The third-order valence-electron chi connectivity index (χ3n) is 9.74. The molecule has 2 aromatic rings. The van der Waals surface area contributed by atoms with Crippen LogP contribution in [-0.2, 0) is 16.6 Å². The Kier molecular flexibility index (Phi) is 4.95. The lowest BCUT2D eigenvalue weighted by molar-refractivity contribution is -0.134. The van der Waals surface area contributed by atoms with E-state index in [1.54, 1.807) is 6.07 Å². The van der Waals surface area contributed by atoms with Gasteiger partial charge in [0.2, 0.25) is 0 Å². The molecule has 2 heterocycles. The number of rotatable bonds is 3. The van der Waals surface area contributed by atoms with Crippen molar-refractivity contribution in [2.75, 3.05) is 20.1 Å². The van der Waals surface area contributed by atoms with E-state index in [-0.39, 0.29) is 29.2 Å². The summed E-state index contributed by atoms with van der Waals surface area (Å²) in [5.41, 5.74) is 4.44. The van der Waals surface area contributed by atoms with Gasteiger partial charge in [0, 0.05) is 42.1 Å². The number of phenols is 1.